The van der Waals surface area contributed by atoms with E-state index in [4.69, 9.17) is 9.84 Å². The van der Waals surface area contributed by atoms with Gasteiger partial charge in [-0.15, -0.1) is 0 Å². The van der Waals surface area contributed by atoms with Gasteiger partial charge in [-0.05, 0) is 6.92 Å². The first-order valence-corrected chi connectivity index (χ1v) is 4.29. The molecule has 4 nitrogen and oxygen atoms in total. The molecular weight excluding hydrogens is 216 g/mol. The number of aliphatic hydroxyl groups is 3. The molecule has 0 aliphatic carbocycles. The lowest BCUT2D eigenvalue weighted by Gasteiger charge is -2.36. The molecule has 0 radical (unpaired) electrons. The predicted octanol–water partition coefficient (Wildman–Crippen LogP) is -0.791. The fourth-order valence-corrected chi connectivity index (χ4v) is 1.45. The minimum atomic E-state index is -1.05. The average molecular weight is 227 g/mol. The highest BCUT2D eigenvalue weighted by molar-refractivity contribution is 9.09. The SMILES string of the molecule is CC1O[C@@H](O)C(Br)[C@@H](O)[C@@H]1O. The van der Waals surface area contributed by atoms with Crippen LogP contribution in [-0.4, -0.2) is 44.7 Å². The summed E-state index contributed by atoms with van der Waals surface area (Å²) in [4.78, 5) is -0.617. The van der Waals surface area contributed by atoms with Crippen molar-refractivity contribution < 1.29 is 20.1 Å². The molecule has 0 bridgehead atoms. The van der Waals surface area contributed by atoms with Gasteiger partial charge in [0.05, 0.1) is 17.0 Å². The molecule has 2 unspecified atom stereocenters. The van der Waals surface area contributed by atoms with Gasteiger partial charge >= 0.3 is 0 Å². The van der Waals surface area contributed by atoms with Crippen molar-refractivity contribution in [3.05, 3.63) is 0 Å². The molecular formula is C6H11BrO4. The van der Waals surface area contributed by atoms with Crippen LogP contribution in [0.15, 0.2) is 0 Å². The minimum Gasteiger partial charge on any atom is -0.389 e. The minimum absolute atomic E-state index is 0.534. The molecule has 1 rings (SSSR count). The van der Waals surface area contributed by atoms with Crippen LogP contribution >= 0.6 is 15.9 Å². The molecule has 11 heavy (non-hydrogen) atoms. The van der Waals surface area contributed by atoms with Crippen molar-refractivity contribution in [2.45, 2.75) is 36.4 Å². The van der Waals surface area contributed by atoms with E-state index in [-0.39, 0.29) is 0 Å². The Hall–Kier alpha value is 0.320. The summed E-state index contributed by atoms with van der Waals surface area (Å²) < 4.78 is 4.88. The highest BCUT2D eigenvalue weighted by Gasteiger charge is 2.40. The van der Waals surface area contributed by atoms with E-state index < -0.39 is 29.4 Å². The van der Waals surface area contributed by atoms with Crippen molar-refractivity contribution in [2.24, 2.45) is 0 Å². The van der Waals surface area contributed by atoms with Crippen LogP contribution < -0.4 is 0 Å². The van der Waals surface area contributed by atoms with Crippen molar-refractivity contribution in [3.8, 4) is 0 Å². The van der Waals surface area contributed by atoms with Gasteiger partial charge in [0.25, 0.3) is 0 Å². The van der Waals surface area contributed by atoms with Crippen molar-refractivity contribution >= 4 is 15.9 Å². The molecule has 3 N–H and O–H groups in total. The summed E-state index contributed by atoms with van der Waals surface area (Å²) in [6.07, 6.45) is -3.51. The summed E-state index contributed by atoms with van der Waals surface area (Å²) in [6, 6.07) is 0. The molecule has 1 heterocycles. The second-order valence-electron chi connectivity index (χ2n) is 2.66. The lowest BCUT2D eigenvalue weighted by molar-refractivity contribution is -0.220. The lowest BCUT2D eigenvalue weighted by Crippen LogP contribution is -2.54. The molecule has 0 saturated carbocycles. The van der Waals surface area contributed by atoms with Crippen molar-refractivity contribution in [2.75, 3.05) is 0 Å². The molecule has 0 spiro atoms. The summed E-state index contributed by atoms with van der Waals surface area (Å²) >= 11 is 3.00. The van der Waals surface area contributed by atoms with Gasteiger partial charge < -0.3 is 20.1 Å². The first-order valence-electron chi connectivity index (χ1n) is 3.37. The third-order valence-electron chi connectivity index (χ3n) is 1.78. The van der Waals surface area contributed by atoms with Crippen molar-refractivity contribution in [1.29, 1.82) is 0 Å². The largest absolute Gasteiger partial charge is 0.389 e. The van der Waals surface area contributed by atoms with Crippen LogP contribution in [0.1, 0.15) is 6.92 Å². The van der Waals surface area contributed by atoms with Crippen LogP contribution in [0.2, 0.25) is 0 Å². The number of aliphatic hydroxyl groups excluding tert-OH is 3. The molecule has 0 aromatic heterocycles. The van der Waals surface area contributed by atoms with E-state index in [0.29, 0.717) is 0 Å². The zero-order chi connectivity index (χ0) is 8.59. The Morgan fingerprint density at radius 1 is 1.18 bits per heavy atom. The van der Waals surface area contributed by atoms with Crippen molar-refractivity contribution in [1.82, 2.24) is 0 Å². The molecule has 0 aromatic carbocycles. The summed E-state index contributed by atoms with van der Waals surface area (Å²) in [5.74, 6) is 0. The van der Waals surface area contributed by atoms with Gasteiger partial charge in [-0.2, -0.15) is 0 Å². The maximum Gasteiger partial charge on any atom is 0.170 e. The summed E-state index contributed by atoms with van der Waals surface area (Å²) in [5.41, 5.74) is 0. The number of ether oxygens (including phenoxy) is 1. The maximum atomic E-state index is 9.25. The third kappa shape index (κ3) is 1.73. The quantitative estimate of drug-likeness (QED) is 0.474. The van der Waals surface area contributed by atoms with E-state index >= 15 is 0 Å². The van der Waals surface area contributed by atoms with Gasteiger partial charge in [-0.25, -0.2) is 0 Å². The second-order valence-corrected chi connectivity index (χ2v) is 3.71. The van der Waals surface area contributed by atoms with E-state index in [1.807, 2.05) is 0 Å². The lowest BCUT2D eigenvalue weighted by atomic mass is 10.0. The fourth-order valence-electron chi connectivity index (χ4n) is 1.01. The van der Waals surface area contributed by atoms with Crippen LogP contribution in [0.25, 0.3) is 0 Å². The number of hydrogen-bond donors (Lipinski definition) is 3. The Balaban J connectivity index is 2.63. The number of hydrogen-bond acceptors (Lipinski definition) is 4. The zero-order valence-electron chi connectivity index (χ0n) is 6.01. The van der Waals surface area contributed by atoms with Crippen LogP contribution in [0.5, 0.6) is 0 Å². The Bertz CT molecular complexity index is 129. The zero-order valence-corrected chi connectivity index (χ0v) is 7.60. The normalized spacial score (nSPS) is 52.6. The average Bonchev–Trinajstić information content (AvgIpc) is 1.97. The number of halogens is 1. The molecule has 0 amide bonds. The first kappa shape index (κ1) is 9.41. The molecule has 1 aliphatic heterocycles. The van der Waals surface area contributed by atoms with E-state index in [0.717, 1.165) is 0 Å². The molecule has 1 saturated heterocycles. The van der Waals surface area contributed by atoms with Crippen LogP contribution in [0.3, 0.4) is 0 Å². The number of alkyl halides is 1. The van der Waals surface area contributed by atoms with Crippen molar-refractivity contribution in [3.63, 3.8) is 0 Å². The maximum absolute atomic E-state index is 9.25. The summed E-state index contributed by atoms with van der Waals surface area (Å²) in [5, 5.41) is 27.6. The molecule has 0 aromatic rings. The smallest absolute Gasteiger partial charge is 0.170 e. The Morgan fingerprint density at radius 3 is 2.27 bits per heavy atom. The second kappa shape index (κ2) is 3.37. The van der Waals surface area contributed by atoms with Gasteiger partial charge in [0.1, 0.15) is 6.10 Å². The van der Waals surface area contributed by atoms with Gasteiger partial charge in [-0.1, -0.05) is 15.9 Å². The van der Waals surface area contributed by atoms with E-state index in [1.165, 1.54) is 0 Å². The summed E-state index contributed by atoms with van der Waals surface area (Å²) in [6.45, 7) is 1.59. The highest BCUT2D eigenvalue weighted by atomic mass is 79.9. The molecule has 1 aliphatic rings. The molecule has 5 heteroatoms. The van der Waals surface area contributed by atoms with Crippen LogP contribution in [0, 0.1) is 0 Å². The molecule has 66 valence electrons. The van der Waals surface area contributed by atoms with E-state index in [2.05, 4.69) is 15.9 Å². The molecule has 5 atom stereocenters. The van der Waals surface area contributed by atoms with Crippen LogP contribution in [0.4, 0.5) is 0 Å². The summed E-state index contributed by atoms with van der Waals surface area (Å²) in [7, 11) is 0. The van der Waals surface area contributed by atoms with Crippen LogP contribution in [-0.2, 0) is 4.74 Å². The molecule has 1 fully saturated rings. The monoisotopic (exact) mass is 226 g/mol. The van der Waals surface area contributed by atoms with Gasteiger partial charge in [0, 0.05) is 0 Å². The highest BCUT2D eigenvalue weighted by Crippen LogP contribution is 2.24. The van der Waals surface area contributed by atoms with Gasteiger partial charge in [0.2, 0.25) is 0 Å². The Kier molecular flexibility index (Phi) is 2.88. The van der Waals surface area contributed by atoms with Gasteiger partial charge in [-0.3, -0.25) is 0 Å². The first-order chi connectivity index (χ1) is 5.04. The fraction of sp³-hybridized carbons (Fsp3) is 1.00. The van der Waals surface area contributed by atoms with E-state index in [9.17, 15) is 10.2 Å². The number of rotatable bonds is 0. The Labute approximate surface area is 72.9 Å². The predicted molar refractivity (Wildman–Crippen MR) is 41.3 cm³/mol. The Morgan fingerprint density at radius 2 is 1.73 bits per heavy atom. The standard InChI is InChI=1S/C6H11BrO4/c1-2-4(8)5(9)3(7)6(10)11-2/h2-6,8-10H,1H3/t2?,3?,4-,5-,6-/m1/s1. The van der Waals surface area contributed by atoms with Gasteiger partial charge in [0.15, 0.2) is 6.29 Å². The third-order valence-corrected chi connectivity index (χ3v) is 2.78. The topological polar surface area (TPSA) is 69.9 Å². The van der Waals surface area contributed by atoms with E-state index in [1.54, 1.807) is 6.92 Å².